The predicted octanol–water partition coefficient (Wildman–Crippen LogP) is 1.16. The molecule has 0 bridgehead atoms. The molecule has 0 aliphatic carbocycles. The van der Waals surface area contributed by atoms with Crippen LogP contribution in [0.5, 0.6) is 0 Å². The Morgan fingerprint density at radius 3 is 2.72 bits per heavy atom. The van der Waals surface area contributed by atoms with Crippen LogP contribution in [-0.4, -0.2) is 42.3 Å². The van der Waals surface area contributed by atoms with E-state index in [-0.39, 0.29) is 12.0 Å². The van der Waals surface area contributed by atoms with E-state index >= 15 is 0 Å². The highest BCUT2D eigenvalue weighted by Gasteiger charge is 2.47. The summed E-state index contributed by atoms with van der Waals surface area (Å²) in [6.07, 6.45) is 3.58. The Balaban J connectivity index is 1.46. The maximum atomic E-state index is 12.7. The standard InChI is InChI=1S/C20H22N6O2S/c1-14-22-16(12-29-14)11-26-18(28)17(27)25-9-6-20(19(25)23-26)5-8-24(13-20)10-15-4-2-3-7-21-15/h2-4,7,12H,5-6,8-11,13H2,1H3/t20-/m0/s1. The highest BCUT2D eigenvalue weighted by Crippen LogP contribution is 2.40. The summed E-state index contributed by atoms with van der Waals surface area (Å²) in [5, 5.41) is 7.53. The molecule has 0 unspecified atom stereocenters. The van der Waals surface area contributed by atoms with E-state index in [1.807, 2.05) is 36.7 Å². The zero-order valence-electron chi connectivity index (χ0n) is 16.2. The first-order valence-corrected chi connectivity index (χ1v) is 10.7. The largest absolute Gasteiger partial charge is 0.332 e. The van der Waals surface area contributed by atoms with Gasteiger partial charge in [0.2, 0.25) is 0 Å². The van der Waals surface area contributed by atoms with Crippen molar-refractivity contribution in [1.29, 1.82) is 0 Å². The quantitative estimate of drug-likeness (QED) is 0.600. The van der Waals surface area contributed by atoms with Crippen molar-refractivity contribution in [1.82, 2.24) is 29.2 Å². The van der Waals surface area contributed by atoms with Crippen molar-refractivity contribution in [3.8, 4) is 0 Å². The zero-order chi connectivity index (χ0) is 20.0. The van der Waals surface area contributed by atoms with Crippen LogP contribution in [0.1, 0.15) is 35.1 Å². The molecule has 2 aliphatic heterocycles. The molecular weight excluding hydrogens is 388 g/mol. The Labute approximate surface area is 171 Å². The Morgan fingerprint density at radius 1 is 1.10 bits per heavy atom. The zero-order valence-corrected chi connectivity index (χ0v) is 17.1. The van der Waals surface area contributed by atoms with E-state index in [0.29, 0.717) is 6.54 Å². The number of likely N-dealkylation sites (tertiary alicyclic amines) is 1. The van der Waals surface area contributed by atoms with Gasteiger partial charge in [0.25, 0.3) is 0 Å². The van der Waals surface area contributed by atoms with E-state index in [4.69, 9.17) is 0 Å². The van der Waals surface area contributed by atoms with E-state index in [2.05, 4.69) is 20.0 Å². The minimum Gasteiger partial charge on any atom is -0.296 e. The summed E-state index contributed by atoms with van der Waals surface area (Å²) in [7, 11) is 0. The number of aromatic nitrogens is 5. The summed E-state index contributed by atoms with van der Waals surface area (Å²) < 4.78 is 2.90. The van der Waals surface area contributed by atoms with Gasteiger partial charge in [0.05, 0.1) is 22.9 Å². The molecule has 0 amide bonds. The Hall–Kier alpha value is -2.65. The minimum absolute atomic E-state index is 0.179. The van der Waals surface area contributed by atoms with Crippen molar-refractivity contribution < 1.29 is 0 Å². The second kappa shape index (κ2) is 7.00. The molecule has 0 saturated carbocycles. The van der Waals surface area contributed by atoms with Gasteiger partial charge in [0, 0.05) is 36.6 Å². The van der Waals surface area contributed by atoms with E-state index in [1.165, 1.54) is 16.0 Å². The normalized spacial score (nSPS) is 21.1. The fourth-order valence-electron chi connectivity index (χ4n) is 4.52. The van der Waals surface area contributed by atoms with Gasteiger partial charge in [-0.25, -0.2) is 9.67 Å². The number of pyridine rings is 1. The highest BCUT2D eigenvalue weighted by molar-refractivity contribution is 7.09. The average molecular weight is 411 g/mol. The van der Waals surface area contributed by atoms with E-state index in [9.17, 15) is 9.59 Å². The van der Waals surface area contributed by atoms with E-state index < -0.39 is 11.1 Å². The molecule has 1 fully saturated rings. The van der Waals surface area contributed by atoms with Gasteiger partial charge in [0.1, 0.15) is 5.82 Å². The Kier molecular flexibility index (Phi) is 4.44. The third kappa shape index (κ3) is 3.24. The lowest BCUT2D eigenvalue weighted by molar-refractivity contribution is 0.294. The summed E-state index contributed by atoms with van der Waals surface area (Å²) in [5.41, 5.74) is 0.585. The Bertz CT molecular complexity index is 1170. The lowest BCUT2D eigenvalue weighted by Crippen LogP contribution is -2.45. The fraction of sp³-hybridized carbons (Fsp3) is 0.450. The summed E-state index contributed by atoms with van der Waals surface area (Å²) in [5.74, 6) is 0.748. The second-order valence-corrected chi connectivity index (χ2v) is 8.98. The van der Waals surface area contributed by atoms with Gasteiger partial charge in [0.15, 0.2) is 0 Å². The molecule has 5 rings (SSSR count). The summed E-state index contributed by atoms with van der Waals surface area (Å²) in [6.45, 7) is 5.25. The molecule has 0 aromatic carbocycles. The lowest BCUT2D eigenvalue weighted by Gasteiger charge is -2.23. The van der Waals surface area contributed by atoms with Gasteiger partial charge in [-0.1, -0.05) is 6.07 Å². The van der Waals surface area contributed by atoms with Crippen LogP contribution in [-0.2, 0) is 25.0 Å². The number of nitrogens with zero attached hydrogens (tertiary/aromatic N) is 6. The van der Waals surface area contributed by atoms with Crippen LogP contribution in [0.25, 0.3) is 0 Å². The third-order valence-electron chi connectivity index (χ3n) is 5.94. The molecule has 29 heavy (non-hydrogen) atoms. The molecule has 0 N–H and O–H groups in total. The van der Waals surface area contributed by atoms with Crippen molar-refractivity contribution in [2.24, 2.45) is 0 Å². The van der Waals surface area contributed by atoms with Gasteiger partial charge in [-0.05, 0) is 38.4 Å². The van der Waals surface area contributed by atoms with Crippen LogP contribution in [0.2, 0.25) is 0 Å². The molecule has 1 atom stereocenters. The average Bonchev–Trinajstić information content (AvgIpc) is 3.41. The number of thiazole rings is 1. The molecule has 3 aromatic heterocycles. The van der Waals surface area contributed by atoms with Gasteiger partial charge in [-0.3, -0.25) is 24.0 Å². The minimum atomic E-state index is -0.570. The summed E-state index contributed by atoms with van der Waals surface area (Å²) in [6, 6.07) is 5.95. The van der Waals surface area contributed by atoms with Crippen molar-refractivity contribution >= 4 is 11.3 Å². The smallest absolute Gasteiger partial charge is 0.296 e. The number of fused-ring (bicyclic) bond motifs is 2. The van der Waals surface area contributed by atoms with Crippen LogP contribution in [0.4, 0.5) is 0 Å². The molecule has 0 radical (unpaired) electrons. The molecule has 2 aliphatic rings. The second-order valence-electron chi connectivity index (χ2n) is 7.91. The van der Waals surface area contributed by atoms with Crippen LogP contribution in [0, 0.1) is 6.92 Å². The molecule has 1 spiro atoms. The third-order valence-corrected chi connectivity index (χ3v) is 6.77. The van der Waals surface area contributed by atoms with E-state index in [0.717, 1.165) is 54.7 Å². The summed E-state index contributed by atoms with van der Waals surface area (Å²) in [4.78, 5) is 36.5. The number of rotatable bonds is 4. The lowest BCUT2D eigenvalue weighted by atomic mass is 9.85. The maximum Gasteiger partial charge on any atom is 0.332 e. The first-order chi connectivity index (χ1) is 14.0. The van der Waals surface area contributed by atoms with Gasteiger partial charge in [-0.2, -0.15) is 5.10 Å². The number of hydrogen-bond donors (Lipinski definition) is 0. The fourth-order valence-corrected chi connectivity index (χ4v) is 5.12. The SMILES string of the molecule is Cc1nc(Cn2nc3n(c(=O)c2=O)CC[C@]32CCN(Cc3ccccn3)C2)cs1. The topological polar surface area (TPSA) is 85.9 Å². The maximum absolute atomic E-state index is 12.7. The molecule has 1 saturated heterocycles. The molecule has 8 nitrogen and oxygen atoms in total. The van der Waals surface area contributed by atoms with Gasteiger partial charge >= 0.3 is 11.1 Å². The van der Waals surface area contributed by atoms with Gasteiger partial charge in [-0.15, -0.1) is 11.3 Å². The number of aryl methyl sites for hydroxylation is 1. The van der Waals surface area contributed by atoms with Crippen LogP contribution < -0.4 is 11.1 Å². The number of hydrogen-bond acceptors (Lipinski definition) is 7. The van der Waals surface area contributed by atoms with Crippen molar-refractivity contribution in [2.45, 2.75) is 44.8 Å². The first-order valence-electron chi connectivity index (χ1n) is 9.80. The van der Waals surface area contributed by atoms with Crippen LogP contribution >= 0.6 is 11.3 Å². The van der Waals surface area contributed by atoms with Crippen LogP contribution in [0.3, 0.4) is 0 Å². The molecule has 5 heterocycles. The molecular formula is C20H22N6O2S. The first kappa shape index (κ1) is 18.4. The summed E-state index contributed by atoms with van der Waals surface area (Å²) >= 11 is 1.53. The van der Waals surface area contributed by atoms with E-state index in [1.54, 1.807) is 4.57 Å². The molecule has 3 aromatic rings. The molecule has 9 heteroatoms. The Morgan fingerprint density at radius 2 is 1.97 bits per heavy atom. The highest BCUT2D eigenvalue weighted by atomic mass is 32.1. The molecule has 150 valence electrons. The van der Waals surface area contributed by atoms with Gasteiger partial charge < -0.3 is 0 Å². The van der Waals surface area contributed by atoms with Crippen molar-refractivity contribution in [2.75, 3.05) is 13.1 Å². The predicted molar refractivity (Wildman–Crippen MR) is 109 cm³/mol. The monoisotopic (exact) mass is 410 g/mol. The van der Waals surface area contributed by atoms with Crippen LogP contribution in [0.15, 0.2) is 39.4 Å². The van der Waals surface area contributed by atoms with Crippen molar-refractivity contribution in [3.05, 3.63) is 72.7 Å². The van der Waals surface area contributed by atoms with Crippen molar-refractivity contribution in [3.63, 3.8) is 0 Å².